The number of fused-ring (bicyclic) bond motifs is 4. The molecule has 3 atom stereocenters. The molecule has 4 saturated carbocycles. The summed E-state index contributed by atoms with van der Waals surface area (Å²) < 4.78 is 0. The number of rotatable bonds is 6. The maximum Gasteiger partial charge on any atom is 0.000175 e. The van der Waals surface area contributed by atoms with Gasteiger partial charge in [-0.15, -0.1) is 0 Å². The molecule has 0 saturated heterocycles. The topological polar surface area (TPSA) is 0 Å². The molecule has 3 unspecified atom stereocenters. The van der Waals surface area contributed by atoms with Gasteiger partial charge in [0.25, 0.3) is 0 Å². The summed E-state index contributed by atoms with van der Waals surface area (Å²) in [5.41, 5.74) is 18.8. The lowest BCUT2D eigenvalue weighted by Gasteiger charge is -2.56. The van der Waals surface area contributed by atoms with Crippen molar-refractivity contribution >= 4 is 17.2 Å². The minimum absolute atomic E-state index is 0.544. The summed E-state index contributed by atoms with van der Waals surface area (Å²) in [5, 5.41) is 0. The Bertz CT molecular complexity index is 1640. The monoisotopic (exact) mass is 550 g/mol. The van der Waals surface area contributed by atoms with E-state index < -0.39 is 0 Å². The number of allylic oxidation sites excluding steroid dienone is 4. The first-order valence-electron chi connectivity index (χ1n) is 16.8. The lowest BCUT2D eigenvalue weighted by Crippen LogP contribution is -2.46. The SMILES string of the molecule is C=C(C)Cc1c(C)cc2c(c1-c1ccc(C)cc1)CC(c1ccc3c(c1)C(C1C4CC(C5CCC5)CC1C4)=CC3C)=C2. The summed E-state index contributed by atoms with van der Waals surface area (Å²) in [7, 11) is 0. The van der Waals surface area contributed by atoms with Crippen LogP contribution in [0.2, 0.25) is 0 Å². The smallest absolute Gasteiger partial charge is 0.000175 e. The zero-order chi connectivity index (χ0) is 28.7. The van der Waals surface area contributed by atoms with Crippen molar-refractivity contribution in [3.63, 3.8) is 0 Å². The van der Waals surface area contributed by atoms with Crippen molar-refractivity contribution in [2.45, 2.75) is 85.0 Å². The van der Waals surface area contributed by atoms with Crippen LogP contribution in [0.5, 0.6) is 0 Å². The molecule has 0 heterocycles. The van der Waals surface area contributed by atoms with E-state index in [1.54, 1.807) is 16.7 Å². The molecule has 0 spiro atoms. The molecule has 9 rings (SSSR count). The van der Waals surface area contributed by atoms with Crippen LogP contribution in [0, 0.1) is 43.4 Å². The maximum absolute atomic E-state index is 4.29. The van der Waals surface area contributed by atoms with Crippen molar-refractivity contribution in [1.29, 1.82) is 0 Å². The van der Waals surface area contributed by atoms with Crippen LogP contribution in [0.15, 0.2) is 66.8 Å². The van der Waals surface area contributed by atoms with Gasteiger partial charge in [-0.3, -0.25) is 0 Å². The molecule has 0 radical (unpaired) electrons. The highest BCUT2D eigenvalue weighted by atomic mass is 14.6. The number of aryl methyl sites for hydroxylation is 2. The van der Waals surface area contributed by atoms with Gasteiger partial charge in [-0.25, -0.2) is 0 Å². The van der Waals surface area contributed by atoms with E-state index in [2.05, 4.69) is 95.0 Å². The lowest BCUT2D eigenvalue weighted by atomic mass is 9.49. The van der Waals surface area contributed by atoms with E-state index in [9.17, 15) is 0 Å². The van der Waals surface area contributed by atoms with E-state index in [4.69, 9.17) is 0 Å². The summed E-state index contributed by atoms with van der Waals surface area (Å²) >= 11 is 0. The van der Waals surface area contributed by atoms with Gasteiger partial charge in [-0.05, 0) is 150 Å². The Morgan fingerprint density at radius 2 is 1.57 bits per heavy atom. The first-order chi connectivity index (χ1) is 20.3. The highest BCUT2D eigenvalue weighted by Gasteiger charge is 2.51. The predicted molar refractivity (Wildman–Crippen MR) is 179 cm³/mol. The van der Waals surface area contributed by atoms with Crippen LogP contribution in [-0.4, -0.2) is 0 Å². The molecule has 42 heavy (non-hydrogen) atoms. The van der Waals surface area contributed by atoms with Gasteiger partial charge in [0.1, 0.15) is 0 Å². The largest absolute Gasteiger partial charge is 0.0998 e. The molecule has 6 aliphatic rings. The molecule has 0 aromatic heterocycles. The molecule has 0 amide bonds. The Balaban J connectivity index is 1.12. The third-order valence-electron chi connectivity index (χ3n) is 12.0. The molecule has 0 nitrogen and oxygen atoms in total. The first kappa shape index (κ1) is 26.5. The Kier molecular flexibility index (Phi) is 6.29. The fourth-order valence-electron chi connectivity index (χ4n) is 9.64. The van der Waals surface area contributed by atoms with Crippen molar-refractivity contribution in [3.8, 4) is 11.1 Å². The normalized spacial score (nSPS) is 27.5. The fourth-order valence-corrected chi connectivity index (χ4v) is 9.64. The van der Waals surface area contributed by atoms with Gasteiger partial charge in [0, 0.05) is 5.92 Å². The average Bonchev–Trinajstić information content (AvgIpc) is 3.49. The zero-order valence-electron chi connectivity index (χ0n) is 26.1. The quantitative estimate of drug-likeness (QED) is 0.268. The van der Waals surface area contributed by atoms with Crippen molar-refractivity contribution in [2.75, 3.05) is 0 Å². The second-order valence-corrected chi connectivity index (χ2v) is 14.9. The van der Waals surface area contributed by atoms with Crippen LogP contribution in [0.3, 0.4) is 0 Å². The summed E-state index contributed by atoms with van der Waals surface area (Å²) in [5.74, 6) is 5.32. The summed E-state index contributed by atoms with van der Waals surface area (Å²) in [6.45, 7) is 13.3. The maximum atomic E-state index is 4.29. The lowest BCUT2D eigenvalue weighted by molar-refractivity contribution is -0.0188. The molecular formula is C42H46. The molecule has 3 aromatic rings. The minimum Gasteiger partial charge on any atom is -0.0998 e. The molecule has 4 fully saturated rings. The van der Waals surface area contributed by atoms with Gasteiger partial charge >= 0.3 is 0 Å². The third kappa shape index (κ3) is 4.24. The molecule has 0 N–H and O–H groups in total. The minimum atomic E-state index is 0.544. The van der Waals surface area contributed by atoms with E-state index >= 15 is 0 Å². The standard InChI is InChI=1S/C42H46/c1-24(2)15-37-26(4)16-33-18-32(23-38(33)42(37)29-11-9-25(3)10-12-29)30-13-14-36-27(5)17-40(39(36)22-30)41-34-19-31(20-35(41)21-34)28-7-6-8-28/h9-14,16-18,22,27-28,31,34-35,41H,1,6-8,15,19-21,23H2,2-5H3. The number of hydrogen-bond donors (Lipinski definition) is 0. The van der Waals surface area contributed by atoms with Crippen LogP contribution in [-0.2, 0) is 12.8 Å². The first-order valence-corrected chi connectivity index (χ1v) is 16.8. The van der Waals surface area contributed by atoms with Crippen LogP contribution in [0.25, 0.3) is 28.3 Å². The molecule has 3 aromatic carbocycles. The van der Waals surface area contributed by atoms with Crippen molar-refractivity contribution in [1.82, 2.24) is 0 Å². The molecule has 0 aliphatic heterocycles. The van der Waals surface area contributed by atoms with Crippen molar-refractivity contribution in [3.05, 3.63) is 111 Å². The summed E-state index contributed by atoms with van der Waals surface area (Å²) in [6.07, 6.45) is 16.1. The highest BCUT2D eigenvalue weighted by molar-refractivity contribution is 5.94. The molecular weight excluding hydrogens is 504 g/mol. The average molecular weight is 551 g/mol. The number of hydrogen-bond acceptors (Lipinski definition) is 0. The van der Waals surface area contributed by atoms with E-state index in [1.807, 2.05) is 0 Å². The van der Waals surface area contributed by atoms with E-state index in [0.717, 1.165) is 42.4 Å². The highest BCUT2D eigenvalue weighted by Crippen LogP contribution is 2.62. The van der Waals surface area contributed by atoms with Gasteiger partial charge in [-0.1, -0.05) is 98.5 Å². The molecule has 6 aliphatic carbocycles. The van der Waals surface area contributed by atoms with Crippen molar-refractivity contribution in [2.24, 2.45) is 29.6 Å². The Labute approximate surface area is 253 Å². The van der Waals surface area contributed by atoms with E-state index in [1.165, 1.54) is 94.2 Å². The zero-order valence-corrected chi connectivity index (χ0v) is 26.1. The predicted octanol–water partition coefficient (Wildman–Crippen LogP) is 11.1. The Morgan fingerprint density at radius 3 is 2.26 bits per heavy atom. The molecule has 0 heteroatoms. The Morgan fingerprint density at radius 1 is 0.857 bits per heavy atom. The van der Waals surface area contributed by atoms with Crippen LogP contribution >= 0.6 is 0 Å². The summed E-state index contributed by atoms with van der Waals surface area (Å²) in [6, 6.07) is 19.1. The molecule has 214 valence electrons. The van der Waals surface area contributed by atoms with Gasteiger partial charge in [0.2, 0.25) is 0 Å². The van der Waals surface area contributed by atoms with Crippen LogP contribution < -0.4 is 0 Å². The van der Waals surface area contributed by atoms with Gasteiger partial charge in [0.05, 0.1) is 0 Å². The van der Waals surface area contributed by atoms with Crippen LogP contribution in [0.1, 0.15) is 103 Å². The van der Waals surface area contributed by atoms with Gasteiger partial charge in [0.15, 0.2) is 0 Å². The van der Waals surface area contributed by atoms with E-state index in [-0.39, 0.29) is 0 Å². The summed E-state index contributed by atoms with van der Waals surface area (Å²) in [4.78, 5) is 0. The van der Waals surface area contributed by atoms with Crippen molar-refractivity contribution < 1.29 is 0 Å². The second kappa shape index (κ2) is 9.97. The van der Waals surface area contributed by atoms with Crippen LogP contribution in [0.4, 0.5) is 0 Å². The fraction of sp³-hybridized carbons (Fsp3) is 0.429. The van der Waals surface area contributed by atoms with Gasteiger partial charge in [-0.2, -0.15) is 0 Å². The van der Waals surface area contributed by atoms with Gasteiger partial charge < -0.3 is 0 Å². The number of benzene rings is 3. The van der Waals surface area contributed by atoms with E-state index in [0.29, 0.717) is 5.92 Å². The third-order valence-corrected chi connectivity index (χ3v) is 12.0. The second-order valence-electron chi connectivity index (χ2n) is 14.9. The Hall–Kier alpha value is -3.12. The molecule has 2 bridgehead atoms.